The summed E-state index contributed by atoms with van der Waals surface area (Å²) in [6.45, 7) is 3.23. The van der Waals surface area contributed by atoms with E-state index < -0.39 is 0 Å². The lowest BCUT2D eigenvalue weighted by Crippen LogP contribution is -2.45. The molecule has 4 rings (SSSR count). The molecule has 0 saturated carbocycles. The van der Waals surface area contributed by atoms with Gasteiger partial charge in [-0.3, -0.25) is 14.5 Å². The van der Waals surface area contributed by atoms with Crippen molar-refractivity contribution in [2.45, 2.75) is 13.0 Å². The lowest BCUT2D eigenvalue weighted by atomic mass is 10.1. The largest absolute Gasteiger partial charge is 0.491 e. The molecule has 0 aromatic heterocycles. The van der Waals surface area contributed by atoms with Crippen LogP contribution in [0.2, 0.25) is 0 Å². The minimum atomic E-state index is -0.224. The van der Waals surface area contributed by atoms with Crippen LogP contribution in [0.1, 0.15) is 27.6 Å². The second-order valence-corrected chi connectivity index (χ2v) is 6.12. The van der Waals surface area contributed by atoms with Gasteiger partial charge in [-0.15, -0.1) is 0 Å². The van der Waals surface area contributed by atoms with Gasteiger partial charge in [0.2, 0.25) is 0 Å². The first-order valence-corrected chi connectivity index (χ1v) is 8.25. The van der Waals surface area contributed by atoms with Crippen LogP contribution in [-0.4, -0.2) is 37.6 Å². The first-order valence-electron chi connectivity index (χ1n) is 8.25. The molecule has 6 nitrogen and oxygen atoms in total. The van der Waals surface area contributed by atoms with Gasteiger partial charge in [0.15, 0.2) is 0 Å². The number of benzene rings is 2. The van der Waals surface area contributed by atoms with Crippen LogP contribution < -0.4 is 19.7 Å². The predicted molar refractivity (Wildman–Crippen MR) is 92.5 cm³/mol. The minimum absolute atomic E-state index is 0.105. The Labute approximate surface area is 145 Å². The maximum Gasteiger partial charge on any atom is 0.258 e. The standard InChI is InChI=1S/C19H18N2O4/c1-12-11-25-17-5-3-2-4-15(17)21(12)19(23)13-6-7-16-14(10-13)18(22)20-8-9-24-16/h2-7,10,12H,8-9,11H2,1H3,(H,20,22). The molecule has 0 saturated heterocycles. The van der Waals surface area contributed by atoms with Crippen molar-refractivity contribution in [3.8, 4) is 11.5 Å². The third kappa shape index (κ3) is 2.69. The number of anilines is 1. The number of hydrogen-bond acceptors (Lipinski definition) is 4. The van der Waals surface area contributed by atoms with E-state index in [-0.39, 0.29) is 17.9 Å². The molecule has 2 aliphatic rings. The highest BCUT2D eigenvalue weighted by molar-refractivity contribution is 6.09. The maximum atomic E-state index is 13.1. The number of nitrogens with one attached hydrogen (secondary N) is 1. The van der Waals surface area contributed by atoms with Gasteiger partial charge >= 0.3 is 0 Å². The summed E-state index contributed by atoms with van der Waals surface area (Å²) in [5.74, 6) is 0.799. The zero-order valence-corrected chi connectivity index (χ0v) is 13.8. The topological polar surface area (TPSA) is 67.9 Å². The Morgan fingerprint density at radius 1 is 1.16 bits per heavy atom. The molecule has 128 valence electrons. The van der Waals surface area contributed by atoms with Gasteiger partial charge in [-0.05, 0) is 37.3 Å². The number of amides is 2. The van der Waals surface area contributed by atoms with Gasteiger partial charge < -0.3 is 14.8 Å². The van der Waals surface area contributed by atoms with E-state index in [1.165, 1.54) is 0 Å². The van der Waals surface area contributed by atoms with Crippen LogP contribution in [0.4, 0.5) is 5.69 Å². The first-order chi connectivity index (χ1) is 12.1. The molecule has 2 heterocycles. The molecule has 25 heavy (non-hydrogen) atoms. The monoisotopic (exact) mass is 338 g/mol. The van der Waals surface area contributed by atoms with E-state index in [0.29, 0.717) is 42.4 Å². The minimum Gasteiger partial charge on any atom is -0.491 e. The number of carbonyl (C=O) groups is 2. The normalized spacial score (nSPS) is 18.8. The Morgan fingerprint density at radius 2 is 2.00 bits per heavy atom. The molecule has 2 aliphatic heterocycles. The molecular formula is C19H18N2O4. The summed E-state index contributed by atoms with van der Waals surface area (Å²) in [5.41, 5.74) is 1.57. The van der Waals surface area contributed by atoms with Crippen LogP contribution in [0.3, 0.4) is 0 Å². The lowest BCUT2D eigenvalue weighted by Gasteiger charge is -2.35. The Bertz CT molecular complexity index is 849. The van der Waals surface area contributed by atoms with E-state index in [9.17, 15) is 9.59 Å². The molecule has 2 aromatic rings. The number of fused-ring (bicyclic) bond motifs is 2. The van der Waals surface area contributed by atoms with Crippen LogP contribution >= 0.6 is 0 Å². The van der Waals surface area contributed by atoms with E-state index >= 15 is 0 Å². The Hall–Kier alpha value is -3.02. The molecule has 2 amide bonds. The van der Waals surface area contributed by atoms with Gasteiger partial charge in [0.05, 0.1) is 23.8 Å². The quantitative estimate of drug-likeness (QED) is 0.866. The number of ether oxygens (including phenoxy) is 2. The van der Waals surface area contributed by atoms with Gasteiger partial charge in [0.25, 0.3) is 11.8 Å². The molecule has 0 fully saturated rings. The van der Waals surface area contributed by atoms with E-state index in [2.05, 4.69) is 5.32 Å². The van der Waals surface area contributed by atoms with Crippen molar-refractivity contribution in [1.82, 2.24) is 5.32 Å². The molecule has 0 radical (unpaired) electrons. The number of rotatable bonds is 1. The third-order valence-electron chi connectivity index (χ3n) is 4.38. The van der Waals surface area contributed by atoms with Crippen LogP contribution in [0.25, 0.3) is 0 Å². The number of para-hydroxylation sites is 2. The number of carbonyl (C=O) groups excluding carboxylic acids is 2. The van der Waals surface area contributed by atoms with Crippen LogP contribution in [0.5, 0.6) is 11.5 Å². The van der Waals surface area contributed by atoms with Crippen molar-refractivity contribution in [2.75, 3.05) is 24.7 Å². The average molecular weight is 338 g/mol. The lowest BCUT2D eigenvalue weighted by molar-refractivity contribution is 0.0957. The van der Waals surface area contributed by atoms with Crippen molar-refractivity contribution < 1.29 is 19.1 Å². The highest BCUT2D eigenvalue weighted by atomic mass is 16.5. The summed E-state index contributed by atoms with van der Waals surface area (Å²) in [5, 5.41) is 2.76. The molecular weight excluding hydrogens is 320 g/mol. The second-order valence-electron chi connectivity index (χ2n) is 6.12. The Balaban J connectivity index is 1.73. The van der Waals surface area contributed by atoms with E-state index in [1.807, 2.05) is 31.2 Å². The second kappa shape index (κ2) is 6.12. The summed E-state index contributed by atoms with van der Waals surface area (Å²) >= 11 is 0. The van der Waals surface area contributed by atoms with Crippen molar-refractivity contribution in [3.05, 3.63) is 53.6 Å². The van der Waals surface area contributed by atoms with E-state index in [0.717, 1.165) is 5.69 Å². The molecule has 0 spiro atoms. The number of nitrogens with zero attached hydrogens (tertiary/aromatic N) is 1. The average Bonchev–Trinajstić information content (AvgIpc) is 2.82. The third-order valence-corrected chi connectivity index (χ3v) is 4.38. The predicted octanol–water partition coefficient (Wildman–Crippen LogP) is 2.24. The van der Waals surface area contributed by atoms with Crippen molar-refractivity contribution in [2.24, 2.45) is 0 Å². The molecule has 1 unspecified atom stereocenters. The fourth-order valence-electron chi connectivity index (χ4n) is 3.14. The summed E-state index contributed by atoms with van der Waals surface area (Å²) in [4.78, 5) is 27.1. The van der Waals surface area contributed by atoms with E-state index in [1.54, 1.807) is 23.1 Å². The molecule has 0 aliphatic carbocycles. The van der Waals surface area contributed by atoms with Gasteiger partial charge in [-0.1, -0.05) is 12.1 Å². The van der Waals surface area contributed by atoms with Crippen molar-refractivity contribution >= 4 is 17.5 Å². The maximum absolute atomic E-state index is 13.1. The summed E-state index contributed by atoms with van der Waals surface area (Å²) in [7, 11) is 0. The van der Waals surface area contributed by atoms with Gasteiger partial charge in [0.1, 0.15) is 24.7 Å². The van der Waals surface area contributed by atoms with Crippen LogP contribution in [0.15, 0.2) is 42.5 Å². The van der Waals surface area contributed by atoms with Gasteiger partial charge in [0, 0.05) is 5.56 Å². The molecule has 2 aromatic carbocycles. The smallest absolute Gasteiger partial charge is 0.258 e. The summed E-state index contributed by atoms with van der Waals surface area (Å²) in [6.07, 6.45) is 0. The zero-order chi connectivity index (χ0) is 17.4. The molecule has 0 bridgehead atoms. The Kier molecular flexibility index (Phi) is 3.80. The summed E-state index contributed by atoms with van der Waals surface area (Å²) in [6, 6.07) is 12.3. The number of hydrogen-bond donors (Lipinski definition) is 1. The Morgan fingerprint density at radius 3 is 2.88 bits per heavy atom. The SMILES string of the molecule is CC1COc2ccccc2N1C(=O)c1ccc2c(c1)C(=O)NCCO2. The van der Waals surface area contributed by atoms with Crippen molar-refractivity contribution in [1.29, 1.82) is 0 Å². The summed E-state index contributed by atoms with van der Waals surface area (Å²) < 4.78 is 11.2. The molecule has 1 N–H and O–H groups in total. The van der Waals surface area contributed by atoms with Crippen LogP contribution in [0, 0.1) is 0 Å². The fourth-order valence-corrected chi connectivity index (χ4v) is 3.14. The van der Waals surface area contributed by atoms with E-state index in [4.69, 9.17) is 9.47 Å². The van der Waals surface area contributed by atoms with Gasteiger partial charge in [-0.25, -0.2) is 0 Å². The highest BCUT2D eigenvalue weighted by Crippen LogP contribution is 2.35. The molecule has 1 atom stereocenters. The van der Waals surface area contributed by atoms with Crippen LogP contribution in [-0.2, 0) is 0 Å². The fraction of sp³-hybridized carbons (Fsp3) is 0.263. The van der Waals surface area contributed by atoms with Crippen molar-refractivity contribution in [3.63, 3.8) is 0 Å². The van der Waals surface area contributed by atoms with Gasteiger partial charge in [-0.2, -0.15) is 0 Å². The highest BCUT2D eigenvalue weighted by Gasteiger charge is 2.31. The molecule has 6 heteroatoms. The zero-order valence-electron chi connectivity index (χ0n) is 13.8. The first kappa shape index (κ1) is 15.5.